The average Bonchev–Trinajstić information content (AvgIpc) is 2.85. The zero-order valence-corrected chi connectivity index (χ0v) is 15.1. The van der Waals surface area contributed by atoms with Crippen LogP contribution in [0, 0.1) is 0 Å². The maximum absolute atomic E-state index is 12.7. The molecule has 0 spiro atoms. The summed E-state index contributed by atoms with van der Waals surface area (Å²) in [6.45, 7) is 3.52. The summed E-state index contributed by atoms with van der Waals surface area (Å²) in [6.07, 6.45) is 1.58. The average molecular weight is 389 g/mol. The first-order valence-electron chi connectivity index (χ1n) is 7.75. The number of carbonyl (C=O) groups excluding carboxylic acids is 3. The Balaban J connectivity index is 1.86. The van der Waals surface area contributed by atoms with Gasteiger partial charge in [-0.3, -0.25) is 19.3 Å². The minimum absolute atomic E-state index is 0.146. The molecule has 26 heavy (non-hydrogen) atoms. The van der Waals surface area contributed by atoms with E-state index >= 15 is 0 Å². The van der Waals surface area contributed by atoms with Gasteiger partial charge in [-0.25, -0.2) is 0 Å². The van der Waals surface area contributed by atoms with Crippen molar-refractivity contribution < 1.29 is 14.4 Å². The fourth-order valence-electron chi connectivity index (χ4n) is 2.74. The lowest BCUT2D eigenvalue weighted by Gasteiger charge is -2.23. The van der Waals surface area contributed by atoms with Gasteiger partial charge in [0.05, 0.1) is 21.2 Å². The van der Waals surface area contributed by atoms with E-state index in [2.05, 4.69) is 6.58 Å². The number of imide groups is 1. The van der Waals surface area contributed by atoms with Gasteiger partial charge in [0.25, 0.3) is 11.8 Å². The molecule has 0 unspecified atom stereocenters. The topological polar surface area (TPSA) is 57.7 Å². The van der Waals surface area contributed by atoms with Crippen LogP contribution in [-0.4, -0.2) is 35.7 Å². The van der Waals surface area contributed by atoms with Crippen molar-refractivity contribution in [1.82, 2.24) is 4.90 Å². The summed E-state index contributed by atoms with van der Waals surface area (Å²) < 4.78 is 0. The Morgan fingerprint density at radius 3 is 2.08 bits per heavy atom. The third-order valence-electron chi connectivity index (χ3n) is 3.99. The number of benzene rings is 2. The molecule has 2 aromatic rings. The Morgan fingerprint density at radius 2 is 1.58 bits per heavy atom. The number of hydrogen-bond acceptors (Lipinski definition) is 3. The van der Waals surface area contributed by atoms with Gasteiger partial charge in [0.1, 0.15) is 6.54 Å². The van der Waals surface area contributed by atoms with Crippen LogP contribution in [0.4, 0.5) is 5.69 Å². The molecule has 5 nitrogen and oxygen atoms in total. The first kappa shape index (κ1) is 18.2. The molecule has 0 N–H and O–H groups in total. The van der Waals surface area contributed by atoms with E-state index in [0.717, 1.165) is 4.90 Å². The SMILES string of the molecule is C=CCN(C(=O)CN1C(=O)c2cc(Cl)c(Cl)cc2C1=O)c1ccccc1. The van der Waals surface area contributed by atoms with Crippen molar-refractivity contribution >= 4 is 46.6 Å². The van der Waals surface area contributed by atoms with E-state index in [9.17, 15) is 14.4 Å². The molecule has 3 amide bonds. The molecule has 2 aromatic carbocycles. The van der Waals surface area contributed by atoms with Crippen molar-refractivity contribution in [3.63, 3.8) is 0 Å². The third kappa shape index (κ3) is 3.23. The maximum atomic E-state index is 12.7. The minimum Gasteiger partial charge on any atom is -0.307 e. The molecule has 0 aromatic heterocycles. The van der Waals surface area contributed by atoms with Gasteiger partial charge < -0.3 is 4.90 Å². The number of carbonyl (C=O) groups is 3. The van der Waals surface area contributed by atoms with Crippen LogP contribution in [0.25, 0.3) is 0 Å². The second-order valence-electron chi connectivity index (χ2n) is 5.64. The molecule has 7 heteroatoms. The smallest absolute Gasteiger partial charge is 0.262 e. The summed E-state index contributed by atoms with van der Waals surface area (Å²) in [7, 11) is 0. The zero-order chi connectivity index (χ0) is 18.8. The second-order valence-corrected chi connectivity index (χ2v) is 6.45. The highest BCUT2D eigenvalue weighted by molar-refractivity contribution is 6.43. The number of anilines is 1. The highest BCUT2D eigenvalue weighted by atomic mass is 35.5. The van der Waals surface area contributed by atoms with Gasteiger partial charge in [0.2, 0.25) is 5.91 Å². The molecule has 3 rings (SSSR count). The molecule has 0 aliphatic carbocycles. The van der Waals surface area contributed by atoms with Crippen molar-refractivity contribution in [2.75, 3.05) is 18.0 Å². The summed E-state index contributed by atoms with van der Waals surface area (Å²) in [5.74, 6) is -1.53. The van der Waals surface area contributed by atoms with Gasteiger partial charge in [0.15, 0.2) is 0 Å². The predicted molar refractivity (Wildman–Crippen MR) is 101 cm³/mol. The first-order valence-corrected chi connectivity index (χ1v) is 8.51. The molecule has 0 fully saturated rings. The molecule has 0 atom stereocenters. The van der Waals surface area contributed by atoms with Crippen LogP contribution in [-0.2, 0) is 4.79 Å². The second kappa shape index (κ2) is 7.32. The molecular formula is C19H14Cl2N2O3. The van der Waals surface area contributed by atoms with Crippen LogP contribution >= 0.6 is 23.2 Å². The van der Waals surface area contributed by atoms with Gasteiger partial charge in [0, 0.05) is 12.2 Å². The molecule has 0 radical (unpaired) electrons. The minimum atomic E-state index is -0.566. The number of fused-ring (bicyclic) bond motifs is 1. The highest BCUT2D eigenvalue weighted by Gasteiger charge is 2.38. The van der Waals surface area contributed by atoms with E-state index in [1.807, 2.05) is 6.07 Å². The van der Waals surface area contributed by atoms with E-state index < -0.39 is 17.7 Å². The van der Waals surface area contributed by atoms with Gasteiger partial charge >= 0.3 is 0 Å². The molecule has 0 bridgehead atoms. The molecule has 1 heterocycles. The number of hydrogen-bond donors (Lipinski definition) is 0. The molecule has 132 valence electrons. The van der Waals surface area contributed by atoms with E-state index in [1.54, 1.807) is 30.3 Å². The fraction of sp³-hybridized carbons (Fsp3) is 0.105. The van der Waals surface area contributed by atoms with E-state index in [4.69, 9.17) is 23.2 Å². The number of amides is 3. The molecule has 0 saturated heterocycles. The van der Waals surface area contributed by atoms with Crippen LogP contribution < -0.4 is 4.90 Å². The Labute approximate surface area is 160 Å². The van der Waals surface area contributed by atoms with Crippen molar-refractivity contribution in [1.29, 1.82) is 0 Å². The molecule has 0 saturated carbocycles. The third-order valence-corrected chi connectivity index (χ3v) is 4.71. The van der Waals surface area contributed by atoms with Gasteiger partial charge in [-0.1, -0.05) is 47.5 Å². The standard InChI is InChI=1S/C19H14Cl2N2O3/c1-2-8-22(12-6-4-3-5-7-12)17(24)11-23-18(25)13-9-15(20)16(21)10-14(13)19(23)26/h2-7,9-10H,1,8,11H2. The molecule has 1 aliphatic heterocycles. The van der Waals surface area contributed by atoms with Crippen LogP contribution in [0.3, 0.4) is 0 Å². The molecule has 1 aliphatic rings. The van der Waals surface area contributed by atoms with Gasteiger partial charge in [-0.15, -0.1) is 6.58 Å². The summed E-state index contributed by atoms with van der Waals surface area (Å²) in [5.41, 5.74) is 0.944. The van der Waals surface area contributed by atoms with E-state index in [1.165, 1.54) is 17.0 Å². The van der Waals surface area contributed by atoms with Crippen molar-refractivity contribution in [3.05, 3.63) is 76.3 Å². The fourth-order valence-corrected chi connectivity index (χ4v) is 3.06. The maximum Gasteiger partial charge on any atom is 0.262 e. The summed E-state index contributed by atoms with van der Waals surface area (Å²) in [6, 6.07) is 11.7. The Hall–Kier alpha value is -2.63. The largest absolute Gasteiger partial charge is 0.307 e. The Kier molecular flexibility index (Phi) is 5.11. The Bertz CT molecular complexity index is 872. The normalized spacial score (nSPS) is 12.9. The Morgan fingerprint density at radius 1 is 1.04 bits per heavy atom. The summed E-state index contributed by atoms with van der Waals surface area (Å²) >= 11 is 11.9. The van der Waals surface area contributed by atoms with E-state index in [-0.39, 0.29) is 34.3 Å². The zero-order valence-electron chi connectivity index (χ0n) is 13.6. The van der Waals surface area contributed by atoms with Crippen LogP contribution in [0.15, 0.2) is 55.1 Å². The highest BCUT2D eigenvalue weighted by Crippen LogP contribution is 2.31. The lowest BCUT2D eigenvalue weighted by Crippen LogP contribution is -2.43. The number of rotatable bonds is 5. The number of para-hydroxylation sites is 1. The van der Waals surface area contributed by atoms with E-state index in [0.29, 0.717) is 5.69 Å². The number of halogens is 2. The van der Waals surface area contributed by atoms with Crippen molar-refractivity contribution in [2.24, 2.45) is 0 Å². The lowest BCUT2D eigenvalue weighted by molar-refractivity contribution is -0.118. The van der Waals surface area contributed by atoms with Crippen LogP contribution in [0.5, 0.6) is 0 Å². The summed E-state index contributed by atoms with van der Waals surface area (Å²) in [5, 5.41) is 0.356. The van der Waals surface area contributed by atoms with Gasteiger partial charge in [-0.2, -0.15) is 0 Å². The van der Waals surface area contributed by atoms with Crippen molar-refractivity contribution in [3.8, 4) is 0 Å². The first-order chi connectivity index (χ1) is 12.4. The number of nitrogens with zero attached hydrogens (tertiary/aromatic N) is 2. The van der Waals surface area contributed by atoms with Crippen LogP contribution in [0.1, 0.15) is 20.7 Å². The quantitative estimate of drug-likeness (QED) is 0.577. The van der Waals surface area contributed by atoms with Crippen molar-refractivity contribution in [2.45, 2.75) is 0 Å². The summed E-state index contributed by atoms with van der Waals surface area (Å²) in [4.78, 5) is 40.2. The van der Waals surface area contributed by atoms with Crippen LogP contribution in [0.2, 0.25) is 10.0 Å². The monoisotopic (exact) mass is 388 g/mol. The molecular weight excluding hydrogens is 375 g/mol. The predicted octanol–water partition coefficient (Wildman–Crippen LogP) is 3.81. The van der Waals surface area contributed by atoms with Gasteiger partial charge in [-0.05, 0) is 24.3 Å². The lowest BCUT2D eigenvalue weighted by atomic mass is 10.1.